The van der Waals surface area contributed by atoms with Gasteiger partial charge in [0.1, 0.15) is 5.75 Å². The zero-order chi connectivity index (χ0) is 17.9. The van der Waals surface area contributed by atoms with Crippen LogP contribution in [0.15, 0.2) is 42.5 Å². The van der Waals surface area contributed by atoms with Crippen LogP contribution in [0.5, 0.6) is 5.75 Å². The molecule has 1 heterocycles. The van der Waals surface area contributed by atoms with E-state index in [9.17, 15) is 13.2 Å². The Labute approximate surface area is 148 Å². The summed E-state index contributed by atoms with van der Waals surface area (Å²) >= 11 is 0. The molecule has 1 aliphatic heterocycles. The van der Waals surface area contributed by atoms with Crippen molar-refractivity contribution in [2.75, 3.05) is 24.7 Å². The number of carbonyl (C=O) groups excluding carboxylic acids is 1. The van der Waals surface area contributed by atoms with Crippen molar-refractivity contribution in [3.63, 3.8) is 0 Å². The molecular weight excluding hydrogens is 338 g/mol. The van der Waals surface area contributed by atoms with Gasteiger partial charge >= 0.3 is 0 Å². The molecular formula is C19H23NO4S. The number of carbonyl (C=O) groups is 1. The minimum Gasteiger partial charge on any atom is -0.484 e. The van der Waals surface area contributed by atoms with Crippen LogP contribution in [0.25, 0.3) is 10.8 Å². The number of ether oxygens (including phenoxy) is 1. The van der Waals surface area contributed by atoms with Gasteiger partial charge in [-0.1, -0.05) is 37.3 Å². The van der Waals surface area contributed by atoms with E-state index in [1.165, 1.54) is 0 Å². The van der Waals surface area contributed by atoms with Crippen LogP contribution in [0.3, 0.4) is 0 Å². The zero-order valence-electron chi connectivity index (χ0n) is 14.3. The number of rotatable bonds is 6. The van der Waals surface area contributed by atoms with Crippen LogP contribution in [0.2, 0.25) is 0 Å². The molecule has 1 aliphatic rings. The van der Waals surface area contributed by atoms with Gasteiger partial charge in [-0.2, -0.15) is 0 Å². The van der Waals surface area contributed by atoms with Crippen LogP contribution in [0.4, 0.5) is 0 Å². The van der Waals surface area contributed by atoms with Gasteiger partial charge < -0.3 is 9.64 Å². The smallest absolute Gasteiger partial charge is 0.260 e. The second kappa shape index (κ2) is 7.44. The van der Waals surface area contributed by atoms with Crippen LogP contribution in [-0.2, 0) is 14.6 Å². The molecule has 1 saturated heterocycles. The standard InChI is InChI=1S/C19H23NO4S/c1-2-10-20(17-9-11-25(22,23)14-17)19(21)13-24-18-8-7-15-5-3-4-6-16(15)12-18/h3-8,12,17H,2,9-11,13-14H2,1H3/t17-/m0/s1. The number of fused-ring (bicyclic) bond motifs is 1. The summed E-state index contributed by atoms with van der Waals surface area (Å²) in [7, 11) is -3.02. The summed E-state index contributed by atoms with van der Waals surface area (Å²) in [5.74, 6) is 0.713. The number of benzene rings is 2. The molecule has 0 aromatic heterocycles. The van der Waals surface area contributed by atoms with Gasteiger partial charge in [0.25, 0.3) is 5.91 Å². The van der Waals surface area contributed by atoms with Crippen molar-refractivity contribution in [1.29, 1.82) is 0 Å². The molecule has 5 nitrogen and oxygen atoms in total. The van der Waals surface area contributed by atoms with E-state index in [4.69, 9.17) is 4.74 Å². The van der Waals surface area contributed by atoms with Gasteiger partial charge in [-0.05, 0) is 35.7 Å². The minimum absolute atomic E-state index is 0.0642. The summed E-state index contributed by atoms with van der Waals surface area (Å²) in [4.78, 5) is 14.2. The SMILES string of the molecule is CCCN(C(=O)COc1ccc2ccccc2c1)[C@H]1CCS(=O)(=O)C1. The number of hydrogen-bond donors (Lipinski definition) is 0. The summed E-state index contributed by atoms with van der Waals surface area (Å²) in [5.41, 5.74) is 0. The summed E-state index contributed by atoms with van der Waals surface area (Å²) in [6.07, 6.45) is 1.31. The quantitative estimate of drug-likeness (QED) is 0.793. The molecule has 1 fully saturated rings. The van der Waals surface area contributed by atoms with Gasteiger partial charge in [0.2, 0.25) is 0 Å². The predicted octanol–water partition coefficient (Wildman–Crippen LogP) is 2.64. The molecule has 0 bridgehead atoms. The van der Waals surface area contributed by atoms with E-state index in [1.807, 2.05) is 49.4 Å². The molecule has 0 spiro atoms. The Morgan fingerprint density at radius 1 is 1.20 bits per heavy atom. The Morgan fingerprint density at radius 2 is 1.96 bits per heavy atom. The lowest BCUT2D eigenvalue weighted by Crippen LogP contribution is -2.44. The maximum absolute atomic E-state index is 12.6. The molecule has 25 heavy (non-hydrogen) atoms. The van der Waals surface area contributed by atoms with E-state index in [2.05, 4.69) is 0 Å². The molecule has 1 atom stereocenters. The molecule has 6 heteroatoms. The monoisotopic (exact) mass is 361 g/mol. The number of nitrogens with zero attached hydrogens (tertiary/aromatic N) is 1. The van der Waals surface area contributed by atoms with E-state index in [0.717, 1.165) is 17.2 Å². The third-order valence-corrected chi connectivity index (χ3v) is 6.27. The van der Waals surface area contributed by atoms with Gasteiger partial charge in [-0.3, -0.25) is 4.79 Å². The van der Waals surface area contributed by atoms with Crippen molar-refractivity contribution in [1.82, 2.24) is 4.90 Å². The highest BCUT2D eigenvalue weighted by molar-refractivity contribution is 7.91. The largest absolute Gasteiger partial charge is 0.484 e. The first kappa shape index (κ1) is 17.7. The fraction of sp³-hybridized carbons (Fsp3) is 0.421. The molecule has 2 aromatic rings. The van der Waals surface area contributed by atoms with Crippen molar-refractivity contribution in [2.24, 2.45) is 0 Å². The highest BCUT2D eigenvalue weighted by Crippen LogP contribution is 2.22. The lowest BCUT2D eigenvalue weighted by Gasteiger charge is -2.27. The average molecular weight is 361 g/mol. The van der Waals surface area contributed by atoms with E-state index < -0.39 is 9.84 Å². The first-order valence-electron chi connectivity index (χ1n) is 8.60. The molecule has 0 aliphatic carbocycles. The average Bonchev–Trinajstić information content (AvgIpc) is 2.97. The van der Waals surface area contributed by atoms with Gasteiger partial charge in [0.05, 0.1) is 11.5 Å². The van der Waals surface area contributed by atoms with Gasteiger partial charge in [-0.25, -0.2) is 8.42 Å². The predicted molar refractivity (Wildman–Crippen MR) is 98.5 cm³/mol. The molecule has 0 radical (unpaired) electrons. The molecule has 134 valence electrons. The summed E-state index contributed by atoms with van der Waals surface area (Å²) in [6.45, 7) is 2.46. The van der Waals surface area contributed by atoms with Crippen LogP contribution in [-0.4, -0.2) is 49.9 Å². The Morgan fingerprint density at radius 3 is 2.64 bits per heavy atom. The van der Waals surface area contributed by atoms with Crippen molar-refractivity contribution in [2.45, 2.75) is 25.8 Å². The van der Waals surface area contributed by atoms with Crippen molar-refractivity contribution in [3.05, 3.63) is 42.5 Å². The third-order valence-electron chi connectivity index (χ3n) is 4.52. The second-order valence-electron chi connectivity index (χ2n) is 6.44. The number of hydrogen-bond acceptors (Lipinski definition) is 4. The van der Waals surface area contributed by atoms with Crippen molar-refractivity contribution in [3.8, 4) is 5.75 Å². The summed E-state index contributed by atoms with van der Waals surface area (Å²) in [6, 6.07) is 13.4. The lowest BCUT2D eigenvalue weighted by molar-refractivity contribution is -0.135. The van der Waals surface area contributed by atoms with E-state index in [1.54, 1.807) is 4.90 Å². The van der Waals surface area contributed by atoms with Crippen LogP contribution >= 0.6 is 0 Å². The van der Waals surface area contributed by atoms with E-state index in [-0.39, 0.29) is 30.1 Å². The zero-order valence-corrected chi connectivity index (χ0v) is 15.2. The normalized spacial score (nSPS) is 19.0. The van der Waals surface area contributed by atoms with E-state index in [0.29, 0.717) is 18.7 Å². The Kier molecular flexibility index (Phi) is 5.27. The third kappa shape index (κ3) is 4.31. The van der Waals surface area contributed by atoms with Crippen molar-refractivity contribution < 1.29 is 17.9 Å². The Balaban J connectivity index is 1.66. The highest BCUT2D eigenvalue weighted by atomic mass is 32.2. The molecule has 3 rings (SSSR count). The maximum Gasteiger partial charge on any atom is 0.260 e. The fourth-order valence-electron chi connectivity index (χ4n) is 3.26. The number of sulfone groups is 1. The Hall–Kier alpha value is -2.08. The van der Waals surface area contributed by atoms with Crippen LogP contribution in [0.1, 0.15) is 19.8 Å². The van der Waals surface area contributed by atoms with Gasteiger partial charge in [0.15, 0.2) is 16.4 Å². The lowest BCUT2D eigenvalue weighted by atomic mass is 10.1. The summed E-state index contributed by atoms with van der Waals surface area (Å²) in [5, 5.41) is 2.17. The summed E-state index contributed by atoms with van der Waals surface area (Å²) < 4.78 is 29.1. The molecule has 2 aromatic carbocycles. The van der Waals surface area contributed by atoms with Crippen LogP contribution in [0, 0.1) is 0 Å². The minimum atomic E-state index is -3.02. The fourth-order valence-corrected chi connectivity index (χ4v) is 4.99. The molecule has 0 N–H and O–H groups in total. The van der Waals surface area contributed by atoms with Crippen molar-refractivity contribution >= 4 is 26.5 Å². The first-order valence-corrected chi connectivity index (χ1v) is 10.4. The Bertz CT molecular complexity index is 863. The topological polar surface area (TPSA) is 63.7 Å². The number of amides is 1. The molecule has 0 unspecified atom stereocenters. The van der Waals surface area contributed by atoms with Gasteiger partial charge in [-0.15, -0.1) is 0 Å². The van der Waals surface area contributed by atoms with Gasteiger partial charge in [0, 0.05) is 12.6 Å². The second-order valence-corrected chi connectivity index (χ2v) is 8.67. The highest BCUT2D eigenvalue weighted by Gasteiger charge is 2.34. The maximum atomic E-state index is 12.6. The van der Waals surface area contributed by atoms with Crippen LogP contribution < -0.4 is 4.74 Å². The molecule has 0 saturated carbocycles. The first-order chi connectivity index (χ1) is 12.0. The van der Waals surface area contributed by atoms with E-state index >= 15 is 0 Å². The molecule has 1 amide bonds.